The summed E-state index contributed by atoms with van der Waals surface area (Å²) in [6.07, 6.45) is 3.81. The van der Waals surface area contributed by atoms with Gasteiger partial charge in [-0.2, -0.15) is 0 Å². The molecule has 0 aromatic carbocycles. The summed E-state index contributed by atoms with van der Waals surface area (Å²) in [7, 11) is -0.716. The van der Waals surface area contributed by atoms with Crippen LogP contribution in [0.25, 0.3) is 0 Å². The number of hydrogen-bond donors (Lipinski definition) is 0. The Morgan fingerprint density at radius 1 is 1.65 bits per heavy atom. The molecule has 2 heterocycles. The predicted molar refractivity (Wildman–Crippen MR) is 73.8 cm³/mol. The Morgan fingerprint density at radius 3 is 3.35 bits per heavy atom. The summed E-state index contributed by atoms with van der Waals surface area (Å²) in [5.41, 5.74) is 3.22. The lowest BCUT2D eigenvalue weighted by Crippen LogP contribution is -2.31. The summed E-state index contributed by atoms with van der Waals surface area (Å²) < 4.78 is 11.5. The Labute approximate surface area is 109 Å². The molecule has 0 spiro atoms. The van der Waals surface area contributed by atoms with Crippen molar-refractivity contribution in [1.29, 1.82) is 0 Å². The van der Waals surface area contributed by atoms with Crippen molar-refractivity contribution in [3.63, 3.8) is 0 Å². The standard InChI is InChI=1S/C12H18N2OS2/c1-2-7-17(15)8-3-5-14-6-4-11-12(9-14)16-10-13-11/h2,10H,1,3-9H2. The van der Waals surface area contributed by atoms with Crippen LogP contribution in [0.5, 0.6) is 0 Å². The van der Waals surface area contributed by atoms with Gasteiger partial charge in [0.15, 0.2) is 0 Å². The van der Waals surface area contributed by atoms with Gasteiger partial charge in [0.2, 0.25) is 0 Å². The highest BCUT2D eigenvalue weighted by Crippen LogP contribution is 2.21. The molecule has 2 rings (SSSR count). The third-order valence-corrected chi connectivity index (χ3v) is 5.12. The van der Waals surface area contributed by atoms with E-state index < -0.39 is 10.8 Å². The summed E-state index contributed by atoms with van der Waals surface area (Å²) in [6, 6.07) is 0. The topological polar surface area (TPSA) is 33.2 Å². The lowest BCUT2D eigenvalue weighted by molar-refractivity contribution is 0.257. The fourth-order valence-corrected chi connectivity index (χ4v) is 3.76. The van der Waals surface area contributed by atoms with Gasteiger partial charge in [-0.1, -0.05) is 6.08 Å². The van der Waals surface area contributed by atoms with Gasteiger partial charge in [-0.3, -0.25) is 9.11 Å². The lowest BCUT2D eigenvalue weighted by Gasteiger charge is -2.25. The van der Waals surface area contributed by atoms with E-state index in [0.717, 1.165) is 38.2 Å². The van der Waals surface area contributed by atoms with Gasteiger partial charge < -0.3 is 0 Å². The van der Waals surface area contributed by atoms with Crippen molar-refractivity contribution in [3.8, 4) is 0 Å². The molecule has 1 atom stereocenters. The number of hydrogen-bond acceptors (Lipinski definition) is 4. The highest BCUT2D eigenvalue weighted by Gasteiger charge is 2.17. The molecule has 1 aliphatic rings. The Hall–Kier alpha value is -0.520. The molecule has 0 bridgehead atoms. The van der Waals surface area contributed by atoms with Gasteiger partial charge in [0.1, 0.15) is 0 Å². The van der Waals surface area contributed by atoms with Crippen molar-refractivity contribution < 1.29 is 4.21 Å². The number of aromatic nitrogens is 1. The number of fused-ring (bicyclic) bond motifs is 1. The van der Waals surface area contributed by atoms with Crippen LogP contribution >= 0.6 is 11.3 Å². The van der Waals surface area contributed by atoms with Crippen LogP contribution in [0.4, 0.5) is 0 Å². The predicted octanol–water partition coefficient (Wildman–Crippen LogP) is 1.83. The molecule has 1 aromatic rings. The zero-order chi connectivity index (χ0) is 12.1. The monoisotopic (exact) mass is 270 g/mol. The van der Waals surface area contributed by atoms with Gasteiger partial charge in [0.25, 0.3) is 0 Å². The quantitative estimate of drug-likeness (QED) is 0.739. The third-order valence-electron chi connectivity index (χ3n) is 2.91. The summed E-state index contributed by atoms with van der Waals surface area (Å²) in [6.45, 7) is 6.76. The average molecular weight is 270 g/mol. The number of thiazole rings is 1. The van der Waals surface area contributed by atoms with Crippen LogP contribution in [-0.4, -0.2) is 38.7 Å². The summed E-state index contributed by atoms with van der Waals surface area (Å²) in [5, 5.41) is 0. The van der Waals surface area contributed by atoms with Crippen LogP contribution in [0, 0.1) is 0 Å². The minimum Gasteiger partial charge on any atom is -0.298 e. The second kappa shape index (κ2) is 6.42. The number of rotatable bonds is 6. The molecule has 0 amide bonds. The minimum absolute atomic E-state index is 0.624. The average Bonchev–Trinajstić information content (AvgIpc) is 2.76. The zero-order valence-corrected chi connectivity index (χ0v) is 11.6. The van der Waals surface area contributed by atoms with E-state index in [9.17, 15) is 4.21 Å². The summed E-state index contributed by atoms with van der Waals surface area (Å²) in [5.74, 6) is 1.41. The van der Waals surface area contributed by atoms with Crippen LogP contribution in [0.3, 0.4) is 0 Å². The SMILES string of the molecule is C=CCS(=O)CCCN1CCc2ncsc2C1. The van der Waals surface area contributed by atoms with Crippen molar-refractivity contribution in [2.24, 2.45) is 0 Å². The van der Waals surface area contributed by atoms with Crippen LogP contribution in [-0.2, 0) is 23.8 Å². The molecule has 5 heteroatoms. The second-order valence-corrected chi connectivity index (χ2v) is 6.76. The molecule has 0 aliphatic carbocycles. The van der Waals surface area contributed by atoms with Crippen LogP contribution in [0.2, 0.25) is 0 Å². The smallest absolute Gasteiger partial charge is 0.0798 e. The van der Waals surface area contributed by atoms with E-state index in [4.69, 9.17) is 0 Å². The number of nitrogens with zero attached hydrogens (tertiary/aromatic N) is 2. The molecular formula is C12H18N2OS2. The molecule has 1 unspecified atom stereocenters. The molecule has 0 radical (unpaired) electrons. The Kier molecular flexibility index (Phi) is 4.88. The lowest BCUT2D eigenvalue weighted by atomic mass is 10.2. The molecule has 0 saturated carbocycles. The van der Waals surface area contributed by atoms with Crippen LogP contribution < -0.4 is 0 Å². The van der Waals surface area contributed by atoms with E-state index in [-0.39, 0.29) is 0 Å². The maximum atomic E-state index is 11.5. The maximum Gasteiger partial charge on any atom is 0.0798 e. The highest BCUT2D eigenvalue weighted by atomic mass is 32.2. The minimum atomic E-state index is -0.716. The maximum absolute atomic E-state index is 11.5. The van der Waals surface area contributed by atoms with E-state index in [0.29, 0.717) is 5.75 Å². The van der Waals surface area contributed by atoms with Gasteiger partial charge >= 0.3 is 0 Å². The van der Waals surface area contributed by atoms with E-state index in [1.54, 1.807) is 17.4 Å². The molecular weight excluding hydrogens is 252 g/mol. The van der Waals surface area contributed by atoms with Gasteiger partial charge in [0, 0.05) is 46.7 Å². The summed E-state index contributed by atoms with van der Waals surface area (Å²) >= 11 is 1.75. The summed E-state index contributed by atoms with van der Waals surface area (Å²) in [4.78, 5) is 8.20. The molecule has 94 valence electrons. The molecule has 17 heavy (non-hydrogen) atoms. The van der Waals surface area contributed by atoms with Crippen molar-refractivity contribution >= 4 is 22.1 Å². The van der Waals surface area contributed by atoms with Gasteiger partial charge in [-0.05, 0) is 13.0 Å². The fraction of sp³-hybridized carbons (Fsp3) is 0.583. The van der Waals surface area contributed by atoms with Crippen molar-refractivity contribution in [1.82, 2.24) is 9.88 Å². The zero-order valence-electron chi connectivity index (χ0n) is 9.93. The first-order valence-electron chi connectivity index (χ1n) is 5.89. The van der Waals surface area contributed by atoms with E-state index in [1.165, 1.54) is 10.6 Å². The first-order valence-corrected chi connectivity index (χ1v) is 8.26. The molecule has 1 aliphatic heterocycles. The Morgan fingerprint density at radius 2 is 2.53 bits per heavy atom. The first kappa shape index (κ1) is 12.9. The fourth-order valence-electron chi connectivity index (χ4n) is 2.03. The largest absolute Gasteiger partial charge is 0.298 e. The van der Waals surface area contributed by atoms with Gasteiger partial charge in [-0.25, -0.2) is 4.98 Å². The molecule has 0 saturated heterocycles. The van der Waals surface area contributed by atoms with Crippen molar-refractivity contribution in [2.45, 2.75) is 19.4 Å². The molecule has 1 aromatic heterocycles. The van der Waals surface area contributed by atoms with E-state index in [2.05, 4.69) is 16.5 Å². The normalized spacial score (nSPS) is 17.6. The van der Waals surface area contributed by atoms with Crippen LogP contribution in [0.1, 0.15) is 17.0 Å². The molecule has 0 fully saturated rings. The van der Waals surface area contributed by atoms with E-state index in [1.807, 2.05) is 5.51 Å². The molecule has 3 nitrogen and oxygen atoms in total. The second-order valence-electron chi connectivity index (χ2n) is 4.20. The van der Waals surface area contributed by atoms with Crippen molar-refractivity contribution in [2.75, 3.05) is 24.6 Å². The first-order chi connectivity index (χ1) is 8.29. The van der Waals surface area contributed by atoms with E-state index >= 15 is 0 Å². The third kappa shape index (κ3) is 3.72. The Bertz CT molecular complexity index is 403. The van der Waals surface area contributed by atoms with Crippen molar-refractivity contribution in [3.05, 3.63) is 28.7 Å². The highest BCUT2D eigenvalue weighted by molar-refractivity contribution is 7.85. The van der Waals surface area contributed by atoms with Gasteiger partial charge in [-0.15, -0.1) is 17.9 Å². The molecule has 0 N–H and O–H groups in total. The Balaban J connectivity index is 1.71. The van der Waals surface area contributed by atoms with Gasteiger partial charge in [0.05, 0.1) is 11.2 Å². The van der Waals surface area contributed by atoms with Crippen LogP contribution in [0.15, 0.2) is 18.2 Å².